The maximum Gasteiger partial charge on any atom is 0.190 e. The lowest BCUT2D eigenvalue weighted by Gasteiger charge is -2.38. The second-order valence-electron chi connectivity index (χ2n) is 10.4. The number of nitrogens with two attached hydrogens (primary N) is 1. The summed E-state index contributed by atoms with van der Waals surface area (Å²) < 4.78 is 42.2. The minimum absolute atomic E-state index is 0.0630. The Hall–Kier alpha value is -4.20. The van der Waals surface area contributed by atoms with Gasteiger partial charge in [0.2, 0.25) is 0 Å². The van der Waals surface area contributed by atoms with Crippen LogP contribution in [-0.2, 0) is 17.6 Å². The van der Waals surface area contributed by atoms with E-state index in [-0.39, 0.29) is 28.3 Å². The molecule has 2 unspecified atom stereocenters. The van der Waals surface area contributed by atoms with Crippen LogP contribution in [0, 0.1) is 11.7 Å². The van der Waals surface area contributed by atoms with Gasteiger partial charge in [-0.15, -0.1) is 5.10 Å². The molecule has 0 aliphatic carbocycles. The minimum Gasteiger partial charge on any atom is -0.772 e. The Labute approximate surface area is 254 Å². The quantitative estimate of drug-likeness (QED) is 0.235. The highest BCUT2D eigenvalue weighted by molar-refractivity contribution is 7.79. The molecule has 0 saturated carbocycles. The van der Waals surface area contributed by atoms with Gasteiger partial charge in [0.25, 0.3) is 0 Å². The first kappa shape index (κ1) is 28.9. The average Bonchev–Trinajstić information content (AvgIpc) is 3.70. The number of pyridine rings is 1. The summed E-state index contributed by atoms with van der Waals surface area (Å²) in [6.45, 7) is 2.10. The van der Waals surface area contributed by atoms with Gasteiger partial charge in [0.15, 0.2) is 11.6 Å². The molecule has 4 heterocycles. The number of rotatable bonds is 9. The Kier molecular flexibility index (Phi) is 8.45. The predicted octanol–water partition coefficient (Wildman–Crippen LogP) is 4.52. The van der Waals surface area contributed by atoms with E-state index in [0.29, 0.717) is 24.1 Å². The highest BCUT2D eigenvalue weighted by atomic mass is 35.5. The first-order valence-electron chi connectivity index (χ1n) is 13.8. The van der Waals surface area contributed by atoms with E-state index < -0.39 is 22.1 Å². The van der Waals surface area contributed by atoms with Gasteiger partial charge in [-0.05, 0) is 65.9 Å². The summed E-state index contributed by atoms with van der Waals surface area (Å²) in [5, 5.41) is 15.6. The molecule has 0 spiro atoms. The molecule has 5 aromatic rings. The molecule has 11 nitrogen and oxygen atoms in total. The number of tetrazole rings is 1. The van der Waals surface area contributed by atoms with Gasteiger partial charge in [-0.25, -0.2) is 9.37 Å². The van der Waals surface area contributed by atoms with Gasteiger partial charge in [0.1, 0.15) is 11.5 Å². The Morgan fingerprint density at radius 1 is 1.09 bits per heavy atom. The molecule has 222 valence electrons. The molecule has 0 amide bonds. The summed E-state index contributed by atoms with van der Waals surface area (Å²) in [7, 11) is 0. The molecular formula is C29H28ClFN9O2S-. The number of benzene rings is 2. The fourth-order valence-electron chi connectivity index (χ4n) is 5.54. The molecule has 3 aromatic heterocycles. The summed E-state index contributed by atoms with van der Waals surface area (Å²) in [6.07, 6.45) is 7.20. The first-order chi connectivity index (χ1) is 20.9. The number of nitrogens with zero attached hydrogens (tertiary/aromatic N) is 8. The normalized spacial score (nSPS) is 15.5. The smallest absolute Gasteiger partial charge is 0.190 e. The molecule has 43 heavy (non-hydrogen) atoms. The van der Waals surface area contributed by atoms with Crippen LogP contribution in [0.25, 0.3) is 28.2 Å². The van der Waals surface area contributed by atoms with E-state index in [1.165, 1.54) is 22.5 Å². The highest BCUT2D eigenvalue weighted by Crippen LogP contribution is 2.32. The molecule has 2 aromatic carbocycles. The maximum absolute atomic E-state index is 14.7. The van der Waals surface area contributed by atoms with Gasteiger partial charge in [-0.1, -0.05) is 46.9 Å². The molecule has 0 bridgehead atoms. The van der Waals surface area contributed by atoms with Crippen molar-refractivity contribution in [1.29, 1.82) is 0 Å². The van der Waals surface area contributed by atoms with Gasteiger partial charge in [0.05, 0.1) is 16.8 Å². The predicted molar refractivity (Wildman–Crippen MR) is 162 cm³/mol. The number of aromatic nitrogens is 7. The average molecular weight is 621 g/mol. The van der Waals surface area contributed by atoms with Gasteiger partial charge in [-0.3, -0.25) is 8.89 Å². The van der Waals surface area contributed by atoms with Crippen LogP contribution in [0.15, 0.2) is 73.2 Å². The third-order valence-electron chi connectivity index (χ3n) is 7.83. The number of hydrogen-bond donors (Lipinski definition) is 1. The second kappa shape index (κ2) is 12.6. The van der Waals surface area contributed by atoms with E-state index in [1.807, 2.05) is 24.4 Å². The van der Waals surface area contributed by atoms with E-state index in [1.54, 1.807) is 29.2 Å². The first-order valence-corrected chi connectivity index (χ1v) is 15.3. The molecule has 0 radical (unpaired) electrons. The van der Waals surface area contributed by atoms with Gasteiger partial charge < -0.3 is 15.2 Å². The third kappa shape index (κ3) is 6.14. The molecule has 1 aliphatic rings. The lowest BCUT2D eigenvalue weighted by Crippen LogP contribution is -2.39. The standard InChI is InChI=1S/C29H29ClFN9O2S/c30-24-7-4-8-25(27(24)31)40-29(35-36-37-40)23-15-20(16-33-28(23)32)21-17-34-39(18-21)14-11-26(43(41)42)19-9-12-38(13-10-19)22-5-2-1-3-6-22/h1-8,15-19,26H,9-14H2,(H2,32,33)(H,41,42)/p-1. The van der Waals surface area contributed by atoms with Crippen LogP contribution >= 0.6 is 11.6 Å². The molecular weight excluding hydrogens is 593 g/mol. The van der Waals surface area contributed by atoms with Crippen molar-refractivity contribution in [1.82, 2.24) is 35.0 Å². The molecule has 2 N–H and O–H groups in total. The van der Waals surface area contributed by atoms with Gasteiger partial charge in [0, 0.05) is 54.1 Å². The van der Waals surface area contributed by atoms with Gasteiger partial charge >= 0.3 is 0 Å². The highest BCUT2D eigenvalue weighted by Gasteiger charge is 2.27. The van der Waals surface area contributed by atoms with Crippen LogP contribution in [-0.4, -0.2) is 62.1 Å². The van der Waals surface area contributed by atoms with E-state index in [4.69, 9.17) is 17.3 Å². The Balaban J connectivity index is 1.16. The SMILES string of the molecule is Nc1ncc(-c2cnn(CCC(C3CCN(c4ccccc4)CC3)S(=O)[O-])c2)cc1-c1nnnn1-c1cccc(Cl)c1F. The van der Waals surface area contributed by atoms with Crippen molar-refractivity contribution in [3.63, 3.8) is 0 Å². The minimum atomic E-state index is -2.19. The lowest BCUT2D eigenvalue weighted by atomic mass is 9.91. The fourth-order valence-corrected chi connectivity index (χ4v) is 6.59. The van der Waals surface area contributed by atoms with Crippen molar-refractivity contribution in [2.24, 2.45) is 5.92 Å². The van der Waals surface area contributed by atoms with E-state index in [2.05, 4.69) is 42.6 Å². The van der Waals surface area contributed by atoms with Crippen molar-refractivity contribution in [2.75, 3.05) is 23.7 Å². The largest absolute Gasteiger partial charge is 0.772 e. The fraction of sp³-hybridized carbons (Fsp3) is 0.276. The van der Waals surface area contributed by atoms with E-state index in [0.717, 1.165) is 31.5 Å². The summed E-state index contributed by atoms with van der Waals surface area (Å²) in [5.74, 6) is -0.221. The van der Waals surface area contributed by atoms with Crippen LogP contribution in [0.1, 0.15) is 19.3 Å². The molecule has 1 saturated heterocycles. The summed E-state index contributed by atoms with van der Waals surface area (Å²) >= 11 is 3.77. The molecule has 14 heteroatoms. The Morgan fingerprint density at radius 2 is 1.88 bits per heavy atom. The van der Waals surface area contributed by atoms with Crippen LogP contribution < -0.4 is 10.6 Å². The Bertz CT molecular complexity index is 1740. The van der Waals surface area contributed by atoms with Crippen molar-refractivity contribution >= 4 is 34.2 Å². The number of hydrogen-bond acceptors (Lipinski definition) is 9. The number of aryl methyl sites for hydroxylation is 1. The van der Waals surface area contributed by atoms with Crippen molar-refractivity contribution in [3.05, 3.63) is 84.0 Å². The summed E-state index contributed by atoms with van der Waals surface area (Å²) in [6, 6.07) is 16.5. The molecule has 1 aliphatic heterocycles. The molecule has 6 rings (SSSR count). The number of anilines is 2. The number of piperidine rings is 1. The number of para-hydroxylation sites is 1. The third-order valence-corrected chi connectivity index (χ3v) is 9.24. The van der Waals surface area contributed by atoms with Crippen LogP contribution in [0.4, 0.5) is 15.9 Å². The van der Waals surface area contributed by atoms with Crippen LogP contribution in [0.5, 0.6) is 0 Å². The van der Waals surface area contributed by atoms with E-state index >= 15 is 0 Å². The van der Waals surface area contributed by atoms with E-state index in [9.17, 15) is 13.2 Å². The molecule has 2 atom stereocenters. The zero-order valence-corrected chi connectivity index (χ0v) is 24.5. The van der Waals surface area contributed by atoms with Crippen LogP contribution in [0.3, 0.4) is 0 Å². The Morgan fingerprint density at radius 3 is 2.65 bits per heavy atom. The second-order valence-corrected chi connectivity index (χ2v) is 11.9. The zero-order valence-electron chi connectivity index (χ0n) is 23.0. The summed E-state index contributed by atoms with van der Waals surface area (Å²) in [4.78, 5) is 6.61. The number of nitrogen functional groups attached to an aromatic ring is 1. The lowest BCUT2D eigenvalue weighted by molar-refractivity contribution is 0.352. The van der Waals surface area contributed by atoms with Crippen molar-refractivity contribution in [3.8, 4) is 28.2 Å². The van der Waals surface area contributed by atoms with Crippen molar-refractivity contribution in [2.45, 2.75) is 31.1 Å². The maximum atomic E-state index is 14.7. The van der Waals surface area contributed by atoms with Crippen LogP contribution in [0.2, 0.25) is 5.02 Å². The number of halogens is 2. The van der Waals surface area contributed by atoms with Crippen molar-refractivity contribution < 1.29 is 13.2 Å². The zero-order chi connectivity index (χ0) is 29.9. The monoisotopic (exact) mass is 620 g/mol. The molecule has 1 fully saturated rings. The topological polar surface area (TPSA) is 144 Å². The summed E-state index contributed by atoms with van der Waals surface area (Å²) in [5.41, 5.74) is 9.25. The van der Waals surface area contributed by atoms with Gasteiger partial charge in [-0.2, -0.15) is 9.78 Å².